The summed E-state index contributed by atoms with van der Waals surface area (Å²) in [6.07, 6.45) is 1.27. The molecule has 0 radical (unpaired) electrons. The number of nitrogens with zero attached hydrogens (tertiary/aromatic N) is 4. The Morgan fingerprint density at radius 1 is 1.60 bits per heavy atom. The number of aliphatic carboxylic acids is 1. The second-order valence-electron chi connectivity index (χ2n) is 3.03. The lowest BCUT2D eigenvalue weighted by atomic mass is 10.4. The highest BCUT2D eigenvalue weighted by molar-refractivity contribution is 5.91. The van der Waals surface area contributed by atoms with E-state index in [2.05, 4.69) is 15.7 Å². The maximum atomic E-state index is 11.3. The van der Waals surface area contributed by atoms with Gasteiger partial charge in [-0.1, -0.05) is 5.21 Å². The van der Waals surface area contributed by atoms with E-state index < -0.39 is 11.9 Å². The Hall–Kier alpha value is -1.96. The summed E-state index contributed by atoms with van der Waals surface area (Å²) in [5, 5.41) is 16.9. The SMILES string of the molecule is CN(C)NC(=O)c1cn(CC(=O)O)nn1. The van der Waals surface area contributed by atoms with Gasteiger partial charge in [0.05, 0.1) is 6.20 Å². The smallest absolute Gasteiger partial charge is 0.325 e. The first-order valence-electron chi connectivity index (χ1n) is 4.09. The van der Waals surface area contributed by atoms with Gasteiger partial charge >= 0.3 is 5.97 Å². The van der Waals surface area contributed by atoms with E-state index in [1.807, 2.05) is 0 Å². The van der Waals surface area contributed by atoms with E-state index in [0.29, 0.717) is 0 Å². The second kappa shape index (κ2) is 4.51. The molecule has 0 aromatic carbocycles. The molecule has 1 heterocycles. The summed E-state index contributed by atoms with van der Waals surface area (Å²) in [6.45, 7) is -0.317. The molecule has 2 N–H and O–H groups in total. The molecule has 0 spiro atoms. The molecule has 0 aliphatic rings. The first-order chi connectivity index (χ1) is 6.99. The Labute approximate surface area is 85.4 Å². The zero-order valence-corrected chi connectivity index (χ0v) is 8.34. The highest BCUT2D eigenvalue weighted by atomic mass is 16.4. The predicted octanol–water partition coefficient (Wildman–Crippen LogP) is -1.43. The minimum Gasteiger partial charge on any atom is -0.480 e. The van der Waals surface area contributed by atoms with Gasteiger partial charge in [0.1, 0.15) is 6.54 Å². The van der Waals surface area contributed by atoms with Gasteiger partial charge in [-0.3, -0.25) is 15.0 Å². The Morgan fingerprint density at radius 3 is 2.80 bits per heavy atom. The summed E-state index contributed by atoms with van der Waals surface area (Å²) in [5.41, 5.74) is 2.53. The number of hydrogen-bond acceptors (Lipinski definition) is 5. The van der Waals surface area contributed by atoms with Gasteiger partial charge in [0.25, 0.3) is 5.91 Å². The molecule has 1 aromatic rings. The summed E-state index contributed by atoms with van der Waals surface area (Å²) in [5.74, 6) is -1.48. The topological polar surface area (TPSA) is 100 Å². The number of carbonyl (C=O) groups excluding carboxylic acids is 1. The van der Waals surface area contributed by atoms with Crippen molar-refractivity contribution >= 4 is 11.9 Å². The Morgan fingerprint density at radius 2 is 2.27 bits per heavy atom. The van der Waals surface area contributed by atoms with Crippen molar-refractivity contribution in [1.29, 1.82) is 0 Å². The fourth-order valence-corrected chi connectivity index (χ4v) is 0.879. The van der Waals surface area contributed by atoms with Gasteiger partial charge in [0.15, 0.2) is 5.69 Å². The molecule has 0 aliphatic carbocycles. The van der Waals surface area contributed by atoms with Crippen molar-refractivity contribution in [3.05, 3.63) is 11.9 Å². The van der Waals surface area contributed by atoms with Crippen LogP contribution in [0.15, 0.2) is 6.20 Å². The Bertz CT molecular complexity index is 372. The van der Waals surface area contributed by atoms with E-state index in [1.165, 1.54) is 11.2 Å². The summed E-state index contributed by atoms with van der Waals surface area (Å²) in [6, 6.07) is 0. The van der Waals surface area contributed by atoms with Gasteiger partial charge in [-0.25, -0.2) is 9.69 Å². The molecular weight excluding hydrogens is 202 g/mol. The van der Waals surface area contributed by atoms with Crippen molar-refractivity contribution in [3.63, 3.8) is 0 Å². The quantitative estimate of drug-likeness (QED) is 0.595. The van der Waals surface area contributed by atoms with Crippen LogP contribution in [0.5, 0.6) is 0 Å². The van der Waals surface area contributed by atoms with E-state index in [-0.39, 0.29) is 12.2 Å². The largest absolute Gasteiger partial charge is 0.480 e. The van der Waals surface area contributed by atoms with Crippen LogP contribution < -0.4 is 5.43 Å². The highest BCUT2D eigenvalue weighted by Gasteiger charge is 2.11. The lowest BCUT2D eigenvalue weighted by molar-refractivity contribution is -0.137. The van der Waals surface area contributed by atoms with Crippen LogP contribution in [0, 0.1) is 0 Å². The summed E-state index contributed by atoms with van der Waals surface area (Å²) < 4.78 is 1.08. The van der Waals surface area contributed by atoms with Gasteiger partial charge < -0.3 is 5.11 Å². The number of hydrazine groups is 1. The predicted molar refractivity (Wildman–Crippen MR) is 48.8 cm³/mol. The molecule has 15 heavy (non-hydrogen) atoms. The third-order valence-electron chi connectivity index (χ3n) is 1.39. The van der Waals surface area contributed by atoms with Crippen LogP contribution in [0.3, 0.4) is 0 Å². The molecule has 1 amide bonds. The number of carboxylic acids is 1. The van der Waals surface area contributed by atoms with Gasteiger partial charge in [-0.2, -0.15) is 0 Å². The van der Waals surface area contributed by atoms with E-state index in [4.69, 9.17) is 5.11 Å². The lowest BCUT2D eigenvalue weighted by Gasteiger charge is -2.09. The van der Waals surface area contributed by atoms with Gasteiger partial charge in [-0.05, 0) is 0 Å². The minimum absolute atomic E-state index is 0.0740. The van der Waals surface area contributed by atoms with Crippen LogP contribution in [0.1, 0.15) is 10.5 Å². The third-order valence-corrected chi connectivity index (χ3v) is 1.39. The number of carbonyl (C=O) groups is 2. The average molecular weight is 213 g/mol. The number of nitrogens with one attached hydrogen (secondary N) is 1. The van der Waals surface area contributed by atoms with E-state index in [1.54, 1.807) is 14.1 Å². The van der Waals surface area contributed by atoms with Crippen molar-refractivity contribution < 1.29 is 14.7 Å². The molecule has 0 unspecified atom stereocenters. The molecule has 1 aromatic heterocycles. The standard InChI is InChI=1S/C7H11N5O3/c1-11(2)9-7(15)5-3-12(10-8-5)4-6(13)14/h3H,4H2,1-2H3,(H,9,15)(H,13,14). The van der Waals surface area contributed by atoms with Crippen LogP contribution in [-0.4, -0.2) is 51.1 Å². The maximum Gasteiger partial charge on any atom is 0.325 e. The van der Waals surface area contributed by atoms with Gasteiger partial charge in [0.2, 0.25) is 0 Å². The van der Waals surface area contributed by atoms with Crippen LogP contribution in [0.4, 0.5) is 0 Å². The van der Waals surface area contributed by atoms with Crippen molar-refractivity contribution in [1.82, 2.24) is 25.4 Å². The molecule has 0 aliphatic heterocycles. The number of carboxylic acid groups (broad SMARTS) is 1. The second-order valence-corrected chi connectivity index (χ2v) is 3.03. The summed E-state index contributed by atoms with van der Waals surface area (Å²) in [7, 11) is 3.30. The summed E-state index contributed by atoms with van der Waals surface area (Å²) >= 11 is 0. The third kappa shape index (κ3) is 3.35. The van der Waals surface area contributed by atoms with Crippen molar-refractivity contribution in [2.24, 2.45) is 0 Å². The van der Waals surface area contributed by atoms with Crippen molar-refractivity contribution in [2.45, 2.75) is 6.54 Å². The zero-order chi connectivity index (χ0) is 11.4. The van der Waals surface area contributed by atoms with Gasteiger partial charge in [-0.15, -0.1) is 5.10 Å². The van der Waals surface area contributed by atoms with E-state index in [0.717, 1.165) is 4.68 Å². The highest BCUT2D eigenvalue weighted by Crippen LogP contribution is 1.93. The summed E-state index contributed by atoms with van der Waals surface area (Å²) in [4.78, 5) is 21.7. The molecule has 0 bridgehead atoms. The first-order valence-corrected chi connectivity index (χ1v) is 4.09. The molecule has 8 nitrogen and oxygen atoms in total. The monoisotopic (exact) mass is 213 g/mol. The number of hydrogen-bond donors (Lipinski definition) is 2. The van der Waals surface area contributed by atoms with E-state index in [9.17, 15) is 9.59 Å². The molecule has 0 saturated heterocycles. The van der Waals surface area contributed by atoms with Gasteiger partial charge in [0, 0.05) is 14.1 Å². The Balaban J connectivity index is 2.67. The number of rotatable bonds is 4. The average Bonchev–Trinajstić information content (AvgIpc) is 2.50. The van der Waals surface area contributed by atoms with E-state index >= 15 is 0 Å². The molecule has 0 fully saturated rings. The first kappa shape index (κ1) is 11.1. The molecule has 8 heteroatoms. The normalized spacial score (nSPS) is 10.3. The fourth-order valence-electron chi connectivity index (χ4n) is 0.879. The molecule has 0 saturated carbocycles. The molecular formula is C7H11N5O3. The lowest BCUT2D eigenvalue weighted by Crippen LogP contribution is -2.36. The van der Waals surface area contributed by atoms with Crippen LogP contribution >= 0.6 is 0 Å². The Kier molecular flexibility index (Phi) is 3.34. The van der Waals surface area contributed by atoms with Crippen LogP contribution in [0.2, 0.25) is 0 Å². The minimum atomic E-state index is -1.04. The maximum absolute atomic E-state index is 11.3. The molecule has 1 rings (SSSR count). The zero-order valence-electron chi connectivity index (χ0n) is 8.34. The fraction of sp³-hybridized carbons (Fsp3) is 0.429. The molecule has 0 atom stereocenters. The number of aromatic nitrogens is 3. The van der Waals surface area contributed by atoms with Crippen LogP contribution in [0.25, 0.3) is 0 Å². The number of amides is 1. The van der Waals surface area contributed by atoms with Crippen molar-refractivity contribution in [3.8, 4) is 0 Å². The van der Waals surface area contributed by atoms with Crippen LogP contribution in [-0.2, 0) is 11.3 Å². The molecule has 82 valence electrons. The van der Waals surface area contributed by atoms with Crippen molar-refractivity contribution in [2.75, 3.05) is 14.1 Å².